The van der Waals surface area contributed by atoms with Gasteiger partial charge < -0.3 is 15.2 Å². The quantitative estimate of drug-likeness (QED) is 0.499. The van der Waals surface area contributed by atoms with Crippen LogP contribution in [-0.2, 0) is 4.79 Å². The SMILES string of the molecule is CC(Sc1ccccc1C(=O)NCCOc1ccccc1C(C)C)C(=O)O. The lowest BCUT2D eigenvalue weighted by Gasteiger charge is -2.15. The van der Waals surface area contributed by atoms with E-state index in [9.17, 15) is 9.59 Å². The molecule has 1 amide bonds. The fourth-order valence-corrected chi connectivity index (χ4v) is 3.43. The van der Waals surface area contributed by atoms with Crippen LogP contribution in [0.1, 0.15) is 42.6 Å². The van der Waals surface area contributed by atoms with Crippen LogP contribution in [0.25, 0.3) is 0 Å². The van der Waals surface area contributed by atoms with Crippen LogP contribution in [0.3, 0.4) is 0 Å². The number of benzene rings is 2. The largest absolute Gasteiger partial charge is 0.491 e. The van der Waals surface area contributed by atoms with Crippen LogP contribution in [0.2, 0.25) is 0 Å². The van der Waals surface area contributed by atoms with Crippen molar-refractivity contribution in [2.45, 2.75) is 36.8 Å². The molecule has 5 nitrogen and oxygen atoms in total. The second kappa shape index (κ2) is 10.0. The molecule has 0 aromatic heterocycles. The summed E-state index contributed by atoms with van der Waals surface area (Å²) in [5.41, 5.74) is 1.60. The van der Waals surface area contributed by atoms with Crippen LogP contribution in [0.4, 0.5) is 0 Å². The monoisotopic (exact) mass is 387 g/mol. The van der Waals surface area contributed by atoms with Gasteiger partial charge in [0.15, 0.2) is 0 Å². The molecule has 6 heteroatoms. The zero-order valence-electron chi connectivity index (χ0n) is 15.8. The first kappa shape index (κ1) is 20.8. The molecule has 0 fully saturated rings. The average molecular weight is 388 g/mol. The zero-order valence-corrected chi connectivity index (χ0v) is 16.6. The highest BCUT2D eigenvalue weighted by molar-refractivity contribution is 8.00. The highest BCUT2D eigenvalue weighted by atomic mass is 32.2. The van der Waals surface area contributed by atoms with Crippen molar-refractivity contribution in [2.75, 3.05) is 13.2 Å². The van der Waals surface area contributed by atoms with E-state index in [0.29, 0.717) is 29.5 Å². The van der Waals surface area contributed by atoms with Gasteiger partial charge in [0.2, 0.25) is 0 Å². The van der Waals surface area contributed by atoms with E-state index in [1.54, 1.807) is 31.2 Å². The molecule has 0 radical (unpaired) electrons. The van der Waals surface area contributed by atoms with Gasteiger partial charge in [-0.05, 0) is 36.6 Å². The number of rotatable bonds is 9. The Morgan fingerprint density at radius 2 is 1.74 bits per heavy atom. The molecule has 144 valence electrons. The van der Waals surface area contributed by atoms with E-state index in [2.05, 4.69) is 19.2 Å². The summed E-state index contributed by atoms with van der Waals surface area (Å²) in [7, 11) is 0. The number of carboxylic acid groups (broad SMARTS) is 1. The molecule has 2 aromatic rings. The first-order valence-electron chi connectivity index (χ1n) is 8.88. The van der Waals surface area contributed by atoms with Crippen LogP contribution in [-0.4, -0.2) is 35.4 Å². The van der Waals surface area contributed by atoms with E-state index < -0.39 is 11.2 Å². The van der Waals surface area contributed by atoms with Crippen molar-refractivity contribution in [3.05, 3.63) is 59.7 Å². The van der Waals surface area contributed by atoms with Crippen LogP contribution in [0, 0.1) is 0 Å². The predicted octanol–water partition coefficient (Wildman–Crippen LogP) is 4.18. The summed E-state index contributed by atoms with van der Waals surface area (Å²) in [6.07, 6.45) is 0. The highest BCUT2D eigenvalue weighted by Gasteiger charge is 2.17. The van der Waals surface area contributed by atoms with Crippen molar-refractivity contribution >= 4 is 23.6 Å². The molecule has 27 heavy (non-hydrogen) atoms. The summed E-state index contributed by atoms with van der Waals surface area (Å²) in [5.74, 6) is 0.0350. The number of amides is 1. The van der Waals surface area contributed by atoms with Gasteiger partial charge in [0.25, 0.3) is 5.91 Å². The summed E-state index contributed by atoms with van der Waals surface area (Å²) < 4.78 is 5.81. The second-order valence-electron chi connectivity index (χ2n) is 6.39. The minimum absolute atomic E-state index is 0.239. The molecule has 2 aromatic carbocycles. The predicted molar refractivity (Wildman–Crippen MR) is 108 cm³/mol. The van der Waals surface area contributed by atoms with E-state index in [0.717, 1.165) is 23.1 Å². The van der Waals surface area contributed by atoms with E-state index >= 15 is 0 Å². The Balaban J connectivity index is 1.92. The molecule has 0 spiro atoms. The Morgan fingerprint density at radius 1 is 1.07 bits per heavy atom. The summed E-state index contributed by atoms with van der Waals surface area (Å²) >= 11 is 1.16. The average Bonchev–Trinajstić information content (AvgIpc) is 2.65. The number of nitrogens with one attached hydrogen (secondary N) is 1. The van der Waals surface area contributed by atoms with Gasteiger partial charge in [-0.1, -0.05) is 44.2 Å². The second-order valence-corrected chi connectivity index (χ2v) is 7.77. The molecule has 1 unspecified atom stereocenters. The Bertz CT molecular complexity index is 791. The number of thioether (sulfide) groups is 1. The number of para-hydroxylation sites is 1. The number of carbonyl (C=O) groups is 2. The number of carboxylic acids is 1. The molecule has 0 bridgehead atoms. The normalized spacial score (nSPS) is 11.9. The summed E-state index contributed by atoms with van der Waals surface area (Å²) in [5, 5.41) is 11.3. The molecule has 2 N–H and O–H groups in total. The zero-order chi connectivity index (χ0) is 19.8. The van der Waals surface area contributed by atoms with Gasteiger partial charge in [-0.3, -0.25) is 9.59 Å². The topological polar surface area (TPSA) is 75.6 Å². The van der Waals surface area contributed by atoms with E-state index in [1.807, 2.05) is 24.3 Å². The van der Waals surface area contributed by atoms with Crippen LogP contribution < -0.4 is 10.1 Å². The molecule has 0 aliphatic heterocycles. The Labute approximate surface area is 164 Å². The van der Waals surface area contributed by atoms with Crippen molar-refractivity contribution in [1.29, 1.82) is 0 Å². The van der Waals surface area contributed by atoms with Gasteiger partial charge >= 0.3 is 5.97 Å². The van der Waals surface area contributed by atoms with Crippen LogP contribution in [0.5, 0.6) is 5.75 Å². The van der Waals surface area contributed by atoms with E-state index in [4.69, 9.17) is 9.84 Å². The Morgan fingerprint density at radius 3 is 2.44 bits per heavy atom. The first-order chi connectivity index (χ1) is 12.9. The fraction of sp³-hybridized carbons (Fsp3) is 0.333. The van der Waals surface area contributed by atoms with Crippen LogP contribution in [0.15, 0.2) is 53.4 Å². The minimum atomic E-state index is -0.910. The third kappa shape index (κ3) is 6.03. The number of aliphatic carboxylic acids is 1. The third-order valence-electron chi connectivity index (χ3n) is 3.97. The molecular formula is C21H25NO4S. The van der Waals surface area contributed by atoms with Crippen molar-refractivity contribution < 1.29 is 19.4 Å². The molecule has 0 aliphatic rings. The first-order valence-corrected chi connectivity index (χ1v) is 9.76. The molecule has 0 saturated carbocycles. The maximum absolute atomic E-state index is 12.5. The maximum Gasteiger partial charge on any atom is 0.316 e. The number of carbonyl (C=O) groups excluding carboxylic acids is 1. The molecule has 0 heterocycles. The smallest absolute Gasteiger partial charge is 0.316 e. The van der Waals surface area contributed by atoms with Gasteiger partial charge in [-0.15, -0.1) is 11.8 Å². The summed E-state index contributed by atoms with van der Waals surface area (Å²) in [6.45, 7) is 6.53. The van der Waals surface area contributed by atoms with Crippen molar-refractivity contribution in [1.82, 2.24) is 5.32 Å². The highest BCUT2D eigenvalue weighted by Crippen LogP contribution is 2.27. The Hall–Kier alpha value is -2.47. The van der Waals surface area contributed by atoms with E-state index in [1.165, 1.54) is 0 Å². The van der Waals surface area contributed by atoms with Crippen molar-refractivity contribution in [3.63, 3.8) is 0 Å². The molecule has 0 saturated heterocycles. The minimum Gasteiger partial charge on any atom is -0.491 e. The number of hydrogen-bond acceptors (Lipinski definition) is 4. The summed E-state index contributed by atoms with van der Waals surface area (Å²) in [6, 6.07) is 14.9. The molecule has 1 atom stereocenters. The maximum atomic E-state index is 12.5. The molecular weight excluding hydrogens is 362 g/mol. The molecule has 2 rings (SSSR count). The van der Waals surface area contributed by atoms with Crippen LogP contribution >= 0.6 is 11.8 Å². The lowest BCUT2D eigenvalue weighted by atomic mass is 10.0. The van der Waals surface area contributed by atoms with Crippen molar-refractivity contribution in [3.8, 4) is 5.75 Å². The number of hydrogen-bond donors (Lipinski definition) is 2. The Kier molecular flexibility index (Phi) is 7.73. The lowest BCUT2D eigenvalue weighted by Crippen LogP contribution is -2.28. The fourth-order valence-electron chi connectivity index (χ4n) is 2.51. The van der Waals surface area contributed by atoms with Gasteiger partial charge in [-0.25, -0.2) is 0 Å². The van der Waals surface area contributed by atoms with Gasteiger partial charge in [0.05, 0.1) is 12.1 Å². The van der Waals surface area contributed by atoms with E-state index in [-0.39, 0.29) is 5.91 Å². The lowest BCUT2D eigenvalue weighted by molar-refractivity contribution is -0.136. The third-order valence-corrected chi connectivity index (χ3v) is 5.13. The summed E-state index contributed by atoms with van der Waals surface area (Å²) in [4.78, 5) is 24.2. The van der Waals surface area contributed by atoms with Gasteiger partial charge in [-0.2, -0.15) is 0 Å². The standard InChI is InChI=1S/C21H25NO4S/c1-14(2)16-8-4-6-10-18(16)26-13-12-22-20(23)17-9-5-7-11-19(17)27-15(3)21(24)25/h4-11,14-15H,12-13H2,1-3H3,(H,22,23)(H,24,25). The van der Waals surface area contributed by atoms with Gasteiger partial charge in [0.1, 0.15) is 17.6 Å². The molecule has 0 aliphatic carbocycles. The van der Waals surface area contributed by atoms with Gasteiger partial charge in [0, 0.05) is 4.90 Å². The van der Waals surface area contributed by atoms with Crippen molar-refractivity contribution in [2.24, 2.45) is 0 Å². The number of ether oxygens (including phenoxy) is 1.